The summed E-state index contributed by atoms with van der Waals surface area (Å²) in [4.78, 5) is 12.2. The molecule has 13 heteroatoms. The van der Waals surface area contributed by atoms with Crippen molar-refractivity contribution < 1.29 is 52.5 Å². The third kappa shape index (κ3) is 11.8. The van der Waals surface area contributed by atoms with Crippen molar-refractivity contribution in [3.05, 3.63) is 144 Å². The van der Waals surface area contributed by atoms with Gasteiger partial charge in [0, 0.05) is 6.54 Å². The molecular formula is C38H44NO11P. The molecule has 1 amide bonds. The summed E-state index contributed by atoms with van der Waals surface area (Å²) < 4.78 is 49.0. The van der Waals surface area contributed by atoms with E-state index in [4.69, 9.17) is 27.8 Å². The van der Waals surface area contributed by atoms with Crippen LogP contribution in [0.3, 0.4) is 0 Å². The van der Waals surface area contributed by atoms with Gasteiger partial charge in [-0.25, -0.2) is 9.36 Å². The molecule has 1 unspecified atom stereocenters. The van der Waals surface area contributed by atoms with E-state index >= 15 is 0 Å². The van der Waals surface area contributed by atoms with Gasteiger partial charge in [-0.05, 0) is 28.7 Å². The molecule has 0 aromatic heterocycles. The minimum atomic E-state index is -4.52. The molecular weight excluding hydrogens is 677 g/mol. The fourth-order valence-electron chi connectivity index (χ4n) is 5.40. The number of nitrogens with one attached hydrogen (secondary N) is 1. The lowest BCUT2D eigenvalue weighted by Crippen LogP contribution is -2.65. The highest BCUT2D eigenvalue weighted by atomic mass is 31.2. The smallest absolute Gasteiger partial charge is 0.445 e. The van der Waals surface area contributed by atoms with E-state index in [0.717, 1.165) is 16.7 Å². The van der Waals surface area contributed by atoms with Crippen LogP contribution < -0.4 is 5.32 Å². The fraction of sp³-hybridized carbons (Fsp3) is 0.342. The maximum atomic E-state index is 14.3. The van der Waals surface area contributed by atoms with Crippen molar-refractivity contribution in [2.75, 3.05) is 13.2 Å². The molecule has 1 saturated carbocycles. The summed E-state index contributed by atoms with van der Waals surface area (Å²) in [5, 5.41) is 36.7. The zero-order valence-electron chi connectivity index (χ0n) is 28.0. The van der Waals surface area contributed by atoms with Crippen LogP contribution in [-0.4, -0.2) is 71.2 Å². The number of alkyl carbamates (subject to hydrolysis) is 1. The Hall–Kier alpha value is -3.94. The van der Waals surface area contributed by atoms with E-state index in [1.165, 1.54) is 0 Å². The molecule has 4 aromatic rings. The van der Waals surface area contributed by atoms with Gasteiger partial charge in [0.1, 0.15) is 43.2 Å². The zero-order chi connectivity index (χ0) is 35.9. The zero-order valence-corrected chi connectivity index (χ0v) is 28.9. The second-order valence-corrected chi connectivity index (χ2v) is 13.6. The van der Waals surface area contributed by atoms with Crippen molar-refractivity contribution in [3.63, 3.8) is 0 Å². The molecule has 0 spiro atoms. The van der Waals surface area contributed by atoms with E-state index < -0.39 is 50.5 Å². The third-order valence-electron chi connectivity index (χ3n) is 8.13. The number of carbonyl (C=O) groups excluding carboxylic acids is 1. The Morgan fingerprint density at radius 1 is 0.569 bits per heavy atom. The lowest BCUT2D eigenvalue weighted by atomic mass is 9.84. The number of aliphatic hydroxyl groups excluding tert-OH is 3. The molecule has 1 fully saturated rings. The number of ether oxygens (including phenoxy) is 3. The summed E-state index contributed by atoms with van der Waals surface area (Å²) >= 11 is 0. The van der Waals surface area contributed by atoms with Crippen LogP contribution in [0.2, 0.25) is 0 Å². The van der Waals surface area contributed by atoms with Crippen molar-refractivity contribution in [2.45, 2.75) is 69.5 Å². The molecule has 4 N–H and O–H groups in total. The first kappa shape index (κ1) is 38.3. The normalized spacial score (nSPS) is 22.9. The summed E-state index contributed by atoms with van der Waals surface area (Å²) in [5.41, 5.74) is 3.03. The fourth-order valence-corrected chi connectivity index (χ4v) is 6.80. The van der Waals surface area contributed by atoms with Gasteiger partial charge in [-0.1, -0.05) is 121 Å². The van der Waals surface area contributed by atoms with E-state index in [1.807, 2.05) is 97.1 Å². The van der Waals surface area contributed by atoms with Crippen molar-refractivity contribution in [2.24, 2.45) is 0 Å². The molecule has 5 rings (SSSR count). The quantitative estimate of drug-likeness (QED) is 0.0780. The monoisotopic (exact) mass is 721 g/mol. The van der Waals surface area contributed by atoms with Crippen LogP contribution in [0, 0.1) is 0 Å². The lowest BCUT2D eigenvalue weighted by molar-refractivity contribution is -0.247. The van der Waals surface area contributed by atoms with Crippen LogP contribution in [0.1, 0.15) is 28.7 Å². The van der Waals surface area contributed by atoms with Crippen molar-refractivity contribution in [1.82, 2.24) is 5.32 Å². The van der Waals surface area contributed by atoms with Gasteiger partial charge in [-0.3, -0.25) is 13.6 Å². The molecule has 0 saturated heterocycles. The average molecular weight is 722 g/mol. The molecule has 272 valence electrons. The van der Waals surface area contributed by atoms with Gasteiger partial charge >= 0.3 is 13.9 Å². The van der Waals surface area contributed by atoms with Crippen molar-refractivity contribution in [3.8, 4) is 0 Å². The summed E-state index contributed by atoms with van der Waals surface area (Å²) in [6, 6.07) is 36.4. The number of hydrogen-bond acceptors (Lipinski definition) is 11. The SMILES string of the molecule is O=C(NCCCOP(=O)(OCc1ccccc1)O[C@H]1[C@@H](O)[C@H](OCc2ccccc2)[C@@H](O)[C@H](O)[C@H]1OCc1ccccc1)OCc1ccccc1. The second kappa shape index (κ2) is 19.6. The summed E-state index contributed by atoms with van der Waals surface area (Å²) in [7, 11) is -4.52. The van der Waals surface area contributed by atoms with Crippen LogP contribution in [0.25, 0.3) is 0 Å². The number of hydrogen-bond donors (Lipinski definition) is 4. The first-order valence-electron chi connectivity index (χ1n) is 16.7. The standard InChI is InChI=1S/C38H44NO11P/c40-32-33(41)36(46-25-29-16-7-2-8-17-29)37(34(42)35(32)45-24-28-14-5-1-6-15-28)50-51(44,49-27-31-20-11-4-12-21-31)48-23-13-22-39-38(43)47-26-30-18-9-3-10-19-30/h1-12,14-21,32-37,40-42H,13,22-27H2,(H,39,43)/t32-,33-,34-,35+,36+,37-,51?/m0/s1. The van der Waals surface area contributed by atoms with Crippen LogP contribution in [0.4, 0.5) is 4.79 Å². The Morgan fingerprint density at radius 3 is 1.55 bits per heavy atom. The Kier molecular flexibility index (Phi) is 14.7. The van der Waals surface area contributed by atoms with Gasteiger partial charge in [-0.2, -0.15) is 0 Å². The summed E-state index contributed by atoms with van der Waals surface area (Å²) in [6.45, 7) is -0.120. The highest BCUT2D eigenvalue weighted by Crippen LogP contribution is 2.53. The molecule has 1 aliphatic rings. The van der Waals surface area contributed by atoms with Gasteiger partial charge < -0.3 is 34.8 Å². The molecule has 7 atom stereocenters. The topological polar surface area (TPSA) is 162 Å². The highest BCUT2D eigenvalue weighted by Gasteiger charge is 2.54. The Bertz CT molecular complexity index is 1640. The van der Waals surface area contributed by atoms with Crippen LogP contribution in [-0.2, 0) is 58.8 Å². The van der Waals surface area contributed by atoms with Crippen LogP contribution in [0.5, 0.6) is 0 Å². The van der Waals surface area contributed by atoms with E-state index in [0.29, 0.717) is 5.56 Å². The first-order valence-corrected chi connectivity index (χ1v) is 18.2. The molecule has 0 aliphatic heterocycles. The Balaban J connectivity index is 1.28. The lowest BCUT2D eigenvalue weighted by Gasteiger charge is -2.45. The van der Waals surface area contributed by atoms with Crippen molar-refractivity contribution in [1.29, 1.82) is 0 Å². The van der Waals surface area contributed by atoms with Gasteiger partial charge in [-0.15, -0.1) is 0 Å². The second-order valence-electron chi connectivity index (χ2n) is 11.9. The number of aliphatic hydroxyl groups is 3. The predicted octanol–water partition coefficient (Wildman–Crippen LogP) is 5.30. The molecule has 0 heterocycles. The first-order chi connectivity index (χ1) is 24.8. The maximum Gasteiger partial charge on any atom is 0.475 e. The molecule has 51 heavy (non-hydrogen) atoms. The number of rotatable bonds is 18. The minimum absolute atomic E-state index is 0.00799. The van der Waals surface area contributed by atoms with Crippen LogP contribution in [0.15, 0.2) is 121 Å². The average Bonchev–Trinajstić information content (AvgIpc) is 3.17. The van der Waals surface area contributed by atoms with Gasteiger partial charge in [0.05, 0.1) is 26.4 Å². The predicted molar refractivity (Wildman–Crippen MR) is 187 cm³/mol. The van der Waals surface area contributed by atoms with Crippen LogP contribution >= 0.6 is 7.82 Å². The van der Waals surface area contributed by atoms with Gasteiger partial charge in [0.2, 0.25) is 0 Å². The van der Waals surface area contributed by atoms with E-state index in [1.54, 1.807) is 24.3 Å². The van der Waals surface area contributed by atoms with E-state index in [-0.39, 0.29) is 46.0 Å². The molecule has 4 aromatic carbocycles. The largest absolute Gasteiger partial charge is 0.475 e. The van der Waals surface area contributed by atoms with E-state index in [9.17, 15) is 24.7 Å². The third-order valence-corrected chi connectivity index (χ3v) is 9.57. The number of phosphoric acid groups is 1. The van der Waals surface area contributed by atoms with Gasteiger partial charge in [0.25, 0.3) is 0 Å². The van der Waals surface area contributed by atoms with Gasteiger partial charge in [0.15, 0.2) is 0 Å². The number of benzene rings is 4. The summed E-state index contributed by atoms with van der Waals surface area (Å²) in [6.07, 6.45) is -9.50. The highest BCUT2D eigenvalue weighted by molar-refractivity contribution is 7.48. The Labute approximate surface area is 297 Å². The molecule has 0 bridgehead atoms. The molecule has 12 nitrogen and oxygen atoms in total. The van der Waals surface area contributed by atoms with Crippen molar-refractivity contribution >= 4 is 13.9 Å². The number of carbonyl (C=O) groups is 1. The number of phosphoric ester groups is 1. The minimum Gasteiger partial charge on any atom is -0.445 e. The Morgan fingerprint density at radius 2 is 1.02 bits per heavy atom. The molecule has 0 radical (unpaired) electrons. The van der Waals surface area contributed by atoms with E-state index in [2.05, 4.69) is 5.32 Å². The summed E-state index contributed by atoms with van der Waals surface area (Å²) in [5.74, 6) is 0. The maximum absolute atomic E-state index is 14.3. The molecule has 1 aliphatic carbocycles. The number of amides is 1.